The van der Waals surface area contributed by atoms with Crippen molar-refractivity contribution < 1.29 is 9.84 Å². The Morgan fingerprint density at radius 3 is 2.95 bits per heavy atom. The van der Waals surface area contributed by atoms with Gasteiger partial charge in [-0.3, -0.25) is 0 Å². The molecular weight excluding hydrogens is 292 g/mol. The zero-order chi connectivity index (χ0) is 14.4. The molecule has 0 fully saturated rings. The number of nitrogens with one attached hydrogen (secondary N) is 1. The molecule has 0 saturated carbocycles. The summed E-state index contributed by atoms with van der Waals surface area (Å²) >= 11 is 3.37. The lowest BCUT2D eigenvalue weighted by Crippen LogP contribution is -2.46. The quantitative estimate of drug-likeness (QED) is 0.787. The van der Waals surface area contributed by atoms with E-state index in [1.807, 2.05) is 6.07 Å². The maximum absolute atomic E-state index is 9.15. The lowest BCUT2D eigenvalue weighted by Gasteiger charge is -2.29. The van der Waals surface area contributed by atoms with Gasteiger partial charge >= 0.3 is 0 Å². The number of aliphatic hydroxyl groups is 1. The lowest BCUT2D eigenvalue weighted by molar-refractivity contribution is 0.0968. The van der Waals surface area contributed by atoms with Gasteiger partial charge in [-0.15, -0.1) is 22.7 Å². The molecular formula is C14H20N2O2S2. The summed E-state index contributed by atoms with van der Waals surface area (Å²) in [5.41, 5.74) is 0.801. The number of ether oxygens (including phenoxy) is 1. The molecule has 1 atom stereocenters. The smallest absolute Gasteiger partial charge is 0.133 e. The van der Waals surface area contributed by atoms with Crippen LogP contribution in [-0.2, 0) is 11.3 Å². The third-order valence-electron chi connectivity index (χ3n) is 3.11. The minimum absolute atomic E-state index is 0.143. The van der Waals surface area contributed by atoms with Crippen LogP contribution in [0, 0.1) is 0 Å². The fourth-order valence-electron chi connectivity index (χ4n) is 1.98. The van der Waals surface area contributed by atoms with Gasteiger partial charge in [0.15, 0.2) is 0 Å². The largest absolute Gasteiger partial charge is 0.396 e. The first kappa shape index (κ1) is 15.6. The van der Waals surface area contributed by atoms with Crippen molar-refractivity contribution in [3.8, 4) is 9.88 Å². The Bertz CT molecular complexity index is 505. The first-order valence-corrected chi connectivity index (χ1v) is 8.26. The number of nitrogens with zero attached hydrogens (tertiary/aromatic N) is 1. The third kappa shape index (κ3) is 4.10. The van der Waals surface area contributed by atoms with Gasteiger partial charge < -0.3 is 15.2 Å². The van der Waals surface area contributed by atoms with Crippen molar-refractivity contribution in [3.05, 3.63) is 28.6 Å². The predicted octanol–water partition coefficient (Wildman–Crippen LogP) is 2.75. The first-order chi connectivity index (χ1) is 9.67. The number of methoxy groups -OCH3 is 1. The van der Waals surface area contributed by atoms with E-state index in [2.05, 4.69) is 34.1 Å². The normalized spacial score (nSPS) is 14.3. The van der Waals surface area contributed by atoms with Crippen LogP contribution in [0.4, 0.5) is 0 Å². The second-order valence-electron chi connectivity index (χ2n) is 4.94. The van der Waals surface area contributed by atoms with E-state index in [-0.39, 0.29) is 12.1 Å². The maximum atomic E-state index is 9.15. The van der Waals surface area contributed by atoms with Crippen molar-refractivity contribution in [2.45, 2.75) is 25.4 Å². The minimum Gasteiger partial charge on any atom is -0.396 e. The fraction of sp³-hybridized carbons (Fsp3) is 0.500. The highest BCUT2D eigenvalue weighted by molar-refractivity contribution is 7.20. The van der Waals surface area contributed by atoms with Crippen LogP contribution in [0.1, 0.15) is 19.0 Å². The van der Waals surface area contributed by atoms with Crippen LogP contribution < -0.4 is 5.32 Å². The summed E-state index contributed by atoms with van der Waals surface area (Å²) < 4.78 is 5.22. The van der Waals surface area contributed by atoms with E-state index in [1.165, 1.54) is 4.88 Å². The van der Waals surface area contributed by atoms with E-state index in [9.17, 15) is 0 Å². The van der Waals surface area contributed by atoms with Crippen LogP contribution in [0.15, 0.2) is 22.9 Å². The van der Waals surface area contributed by atoms with E-state index < -0.39 is 0 Å². The Kier molecular flexibility index (Phi) is 5.68. The molecule has 0 aliphatic carbocycles. The molecule has 6 heteroatoms. The molecule has 0 bridgehead atoms. The van der Waals surface area contributed by atoms with Gasteiger partial charge in [0, 0.05) is 31.2 Å². The second kappa shape index (κ2) is 7.28. The lowest BCUT2D eigenvalue weighted by atomic mass is 9.99. The van der Waals surface area contributed by atoms with Gasteiger partial charge in [-0.05, 0) is 24.8 Å². The molecule has 1 unspecified atom stereocenters. The minimum atomic E-state index is -0.226. The Labute approximate surface area is 127 Å². The standard InChI is InChI=1S/C14H20N2O2S2/c1-14(5-6-17,10-18-2)15-8-11-9-20-13(16-11)12-4-3-7-19-12/h3-4,7,9,15,17H,5-6,8,10H2,1-2H3. The topological polar surface area (TPSA) is 54.4 Å². The number of thiazole rings is 1. The molecule has 0 spiro atoms. The molecule has 0 aromatic carbocycles. The van der Waals surface area contributed by atoms with E-state index in [0.29, 0.717) is 19.6 Å². The molecule has 2 aromatic heterocycles. The van der Waals surface area contributed by atoms with Crippen LogP contribution in [0.2, 0.25) is 0 Å². The monoisotopic (exact) mass is 312 g/mol. The molecule has 0 radical (unpaired) electrons. The molecule has 0 aliphatic rings. The third-order valence-corrected chi connectivity index (χ3v) is 5.04. The number of aliphatic hydroxyl groups excluding tert-OH is 1. The molecule has 0 saturated heterocycles. The average Bonchev–Trinajstić information content (AvgIpc) is 3.08. The Morgan fingerprint density at radius 2 is 2.30 bits per heavy atom. The van der Waals surface area contributed by atoms with E-state index in [4.69, 9.17) is 9.84 Å². The van der Waals surface area contributed by atoms with Crippen molar-refractivity contribution in [3.63, 3.8) is 0 Å². The van der Waals surface area contributed by atoms with Crippen LogP contribution in [-0.4, -0.2) is 36.0 Å². The molecule has 2 rings (SSSR count). The number of thiophene rings is 1. The van der Waals surface area contributed by atoms with Gasteiger partial charge in [-0.25, -0.2) is 4.98 Å². The maximum Gasteiger partial charge on any atom is 0.133 e. The summed E-state index contributed by atoms with van der Waals surface area (Å²) in [5, 5.41) is 17.8. The second-order valence-corrected chi connectivity index (χ2v) is 6.75. The van der Waals surface area contributed by atoms with Crippen LogP contribution in [0.25, 0.3) is 9.88 Å². The van der Waals surface area contributed by atoms with Gasteiger partial charge in [0.05, 0.1) is 17.2 Å². The van der Waals surface area contributed by atoms with Gasteiger partial charge in [0.2, 0.25) is 0 Å². The Balaban J connectivity index is 1.96. The summed E-state index contributed by atoms with van der Waals surface area (Å²) in [4.78, 5) is 5.84. The van der Waals surface area contributed by atoms with Crippen molar-refractivity contribution in [1.29, 1.82) is 0 Å². The molecule has 110 valence electrons. The van der Waals surface area contributed by atoms with Crippen molar-refractivity contribution in [1.82, 2.24) is 10.3 Å². The van der Waals surface area contributed by atoms with Crippen molar-refractivity contribution >= 4 is 22.7 Å². The highest BCUT2D eigenvalue weighted by Gasteiger charge is 2.23. The Hall–Kier alpha value is -0.790. The first-order valence-electron chi connectivity index (χ1n) is 6.50. The van der Waals surface area contributed by atoms with E-state index >= 15 is 0 Å². The number of aromatic nitrogens is 1. The van der Waals surface area contributed by atoms with Crippen molar-refractivity contribution in [2.75, 3.05) is 20.3 Å². The molecule has 0 aliphatic heterocycles. The SMILES string of the molecule is COCC(C)(CCO)NCc1csc(-c2cccs2)n1. The molecule has 2 heterocycles. The van der Waals surface area contributed by atoms with E-state index in [1.54, 1.807) is 29.8 Å². The predicted molar refractivity (Wildman–Crippen MR) is 84.3 cm³/mol. The molecule has 0 amide bonds. The van der Waals surface area contributed by atoms with Crippen LogP contribution >= 0.6 is 22.7 Å². The zero-order valence-corrected chi connectivity index (χ0v) is 13.4. The molecule has 2 aromatic rings. The summed E-state index contributed by atoms with van der Waals surface area (Å²) in [6.45, 7) is 3.45. The Morgan fingerprint density at radius 1 is 1.45 bits per heavy atom. The fourth-order valence-corrected chi connectivity index (χ4v) is 3.62. The highest BCUT2D eigenvalue weighted by atomic mass is 32.1. The van der Waals surface area contributed by atoms with Gasteiger partial charge in [-0.1, -0.05) is 6.07 Å². The summed E-state index contributed by atoms with van der Waals surface area (Å²) in [7, 11) is 1.68. The molecule has 4 nitrogen and oxygen atoms in total. The summed E-state index contributed by atoms with van der Waals surface area (Å²) in [6, 6.07) is 4.12. The van der Waals surface area contributed by atoms with Crippen LogP contribution in [0.3, 0.4) is 0 Å². The summed E-state index contributed by atoms with van der Waals surface area (Å²) in [5.74, 6) is 0. The number of hydrogen-bond donors (Lipinski definition) is 2. The number of rotatable bonds is 8. The molecule has 20 heavy (non-hydrogen) atoms. The molecule has 2 N–H and O–H groups in total. The van der Waals surface area contributed by atoms with Crippen LogP contribution in [0.5, 0.6) is 0 Å². The van der Waals surface area contributed by atoms with Gasteiger partial charge in [0.1, 0.15) is 5.01 Å². The van der Waals surface area contributed by atoms with Gasteiger partial charge in [-0.2, -0.15) is 0 Å². The number of hydrogen-bond acceptors (Lipinski definition) is 6. The van der Waals surface area contributed by atoms with Gasteiger partial charge in [0.25, 0.3) is 0 Å². The highest BCUT2D eigenvalue weighted by Crippen LogP contribution is 2.27. The average molecular weight is 312 g/mol. The van der Waals surface area contributed by atoms with E-state index in [0.717, 1.165) is 10.7 Å². The summed E-state index contributed by atoms with van der Waals surface area (Å²) in [6.07, 6.45) is 0.656. The van der Waals surface area contributed by atoms with Crippen molar-refractivity contribution in [2.24, 2.45) is 0 Å². The zero-order valence-electron chi connectivity index (χ0n) is 11.8.